The van der Waals surface area contributed by atoms with Crippen molar-refractivity contribution in [3.05, 3.63) is 54.4 Å². The van der Waals surface area contributed by atoms with E-state index in [-0.39, 0.29) is 6.04 Å². The number of pyridine rings is 2. The Kier molecular flexibility index (Phi) is 5.58. The van der Waals surface area contributed by atoms with Gasteiger partial charge in [-0.1, -0.05) is 0 Å². The summed E-state index contributed by atoms with van der Waals surface area (Å²) in [6.07, 6.45) is 5.30. The van der Waals surface area contributed by atoms with Gasteiger partial charge in [0.05, 0.1) is 24.9 Å². The number of aromatic amines is 1. The molecule has 1 N–H and O–H groups in total. The lowest BCUT2D eigenvalue weighted by Crippen LogP contribution is -2.44. The van der Waals surface area contributed by atoms with Crippen molar-refractivity contribution in [3.63, 3.8) is 0 Å². The third-order valence-corrected chi connectivity index (χ3v) is 6.86. The number of rotatable bonds is 4. The molecule has 0 spiro atoms. The Balaban J connectivity index is 1.78. The summed E-state index contributed by atoms with van der Waals surface area (Å²) in [5, 5.41) is 8.20. The number of ether oxygens (including phenoxy) is 1. The minimum Gasteiger partial charge on any atom is -0.612 e. The number of nitrogens with one attached hydrogen (secondary N) is 1. The summed E-state index contributed by atoms with van der Waals surface area (Å²) >= 11 is -1.02. The molecule has 3 aromatic heterocycles. The van der Waals surface area contributed by atoms with Crippen LogP contribution in [0.1, 0.15) is 12.5 Å². The summed E-state index contributed by atoms with van der Waals surface area (Å²) in [5.41, 5.74) is 5.63. The van der Waals surface area contributed by atoms with Gasteiger partial charge in [-0.05, 0) is 78.1 Å². The number of aromatic nitrogens is 4. The monoisotopic (exact) mass is 447 g/mol. The van der Waals surface area contributed by atoms with Crippen molar-refractivity contribution < 1.29 is 9.29 Å². The molecule has 8 heteroatoms. The third-order valence-electron chi connectivity index (χ3n) is 5.93. The number of nitrogens with zero attached hydrogens (tertiary/aromatic N) is 4. The summed E-state index contributed by atoms with van der Waals surface area (Å²) in [6.45, 7) is 6.34. The van der Waals surface area contributed by atoms with Crippen LogP contribution in [0, 0.1) is 6.92 Å². The molecule has 1 unspecified atom stereocenters. The average molecular weight is 448 g/mol. The molecule has 4 aromatic rings. The number of hydrogen-bond donors (Lipinski definition) is 1. The van der Waals surface area contributed by atoms with Gasteiger partial charge in [-0.2, -0.15) is 5.10 Å². The van der Waals surface area contributed by atoms with Crippen LogP contribution >= 0.6 is 0 Å². The van der Waals surface area contributed by atoms with E-state index >= 15 is 0 Å². The molecule has 1 aromatic carbocycles. The minimum atomic E-state index is -1.02. The minimum absolute atomic E-state index is 0.222. The predicted octanol–water partition coefficient (Wildman–Crippen LogP) is 3.96. The van der Waals surface area contributed by atoms with E-state index in [1.165, 1.54) is 0 Å². The van der Waals surface area contributed by atoms with Gasteiger partial charge in [0.1, 0.15) is 23.3 Å². The molecule has 1 aliphatic rings. The number of H-pyrrole nitrogens is 1. The average Bonchev–Trinajstić information content (AvgIpc) is 3.34. The molecule has 1 aliphatic heterocycles. The van der Waals surface area contributed by atoms with Crippen LogP contribution in [-0.2, 0) is 15.9 Å². The maximum absolute atomic E-state index is 11.9. The highest BCUT2D eigenvalue weighted by Crippen LogP contribution is 2.37. The zero-order valence-corrected chi connectivity index (χ0v) is 19.1. The Hall–Kier alpha value is -2.94. The van der Waals surface area contributed by atoms with Gasteiger partial charge in [0.15, 0.2) is 4.90 Å². The van der Waals surface area contributed by atoms with Crippen LogP contribution in [0.2, 0.25) is 0 Å². The van der Waals surface area contributed by atoms with E-state index in [4.69, 9.17) is 14.7 Å². The van der Waals surface area contributed by atoms with Gasteiger partial charge in [0.2, 0.25) is 0 Å². The molecular weight excluding hydrogens is 422 g/mol. The summed E-state index contributed by atoms with van der Waals surface area (Å²) in [4.78, 5) is 12.9. The molecule has 0 radical (unpaired) electrons. The van der Waals surface area contributed by atoms with Gasteiger partial charge >= 0.3 is 0 Å². The van der Waals surface area contributed by atoms with Crippen molar-refractivity contribution in [3.8, 4) is 22.5 Å². The van der Waals surface area contributed by atoms with Gasteiger partial charge in [0.25, 0.3) is 0 Å². The fourth-order valence-corrected chi connectivity index (χ4v) is 4.76. The zero-order valence-electron chi connectivity index (χ0n) is 18.3. The lowest BCUT2D eigenvalue weighted by molar-refractivity contribution is 0.0986. The van der Waals surface area contributed by atoms with Crippen molar-refractivity contribution in [2.45, 2.75) is 24.8 Å². The molecule has 0 bridgehead atoms. The van der Waals surface area contributed by atoms with Crippen LogP contribution in [0.3, 0.4) is 0 Å². The van der Waals surface area contributed by atoms with Crippen molar-refractivity contribution in [1.29, 1.82) is 0 Å². The van der Waals surface area contributed by atoms with Gasteiger partial charge < -0.3 is 14.2 Å². The van der Waals surface area contributed by atoms with Gasteiger partial charge in [0, 0.05) is 24.3 Å². The van der Waals surface area contributed by atoms with Crippen LogP contribution < -0.4 is 4.90 Å². The number of anilines is 1. The second-order valence-electron chi connectivity index (χ2n) is 8.11. The molecule has 1 saturated heterocycles. The van der Waals surface area contributed by atoms with Crippen molar-refractivity contribution in [2.24, 2.45) is 0 Å². The quantitative estimate of drug-likeness (QED) is 0.476. The standard InChI is InChI=1S/C24H25N5O2S/c1-15-13-25-23(20-8-9-26-28-20)24-22(15)19(17-4-6-18(7-5-17)32(3)30)12-21(27-24)29-10-11-31-14-16(29)2/h4-9,12-13,16H,10-11,14H2,1-3H3,(H,26,28)/t16-,32?/m1/s1. The molecule has 0 saturated carbocycles. The van der Waals surface area contributed by atoms with E-state index in [9.17, 15) is 4.55 Å². The first-order valence-electron chi connectivity index (χ1n) is 10.6. The van der Waals surface area contributed by atoms with Crippen LogP contribution in [0.15, 0.2) is 53.7 Å². The van der Waals surface area contributed by atoms with E-state index in [1.807, 2.05) is 36.5 Å². The van der Waals surface area contributed by atoms with Gasteiger partial charge in [-0.3, -0.25) is 10.1 Å². The first-order valence-corrected chi connectivity index (χ1v) is 12.2. The number of aryl methyl sites for hydroxylation is 1. The highest BCUT2D eigenvalue weighted by Gasteiger charge is 2.24. The Morgan fingerprint density at radius 3 is 2.72 bits per heavy atom. The first kappa shape index (κ1) is 20.9. The van der Waals surface area contributed by atoms with Crippen LogP contribution in [-0.4, -0.2) is 56.8 Å². The van der Waals surface area contributed by atoms with Gasteiger partial charge in [-0.15, -0.1) is 0 Å². The van der Waals surface area contributed by atoms with Crippen molar-refractivity contribution in [2.75, 3.05) is 30.9 Å². The maximum atomic E-state index is 11.9. The van der Waals surface area contributed by atoms with E-state index in [1.54, 1.807) is 12.5 Å². The molecule has 32 heavy (non-hydrogen) atoms. The second-order valence-corrected chi connectivity index (χ2v) is 9.49. The van der Waals surface area contributed by atoms with Crippen LogP contribution in [0.25, 0.3) is 33.4 Å². The van der Waals surface area contributed by atoms with Crippen LogP contribution in [0.4, 0.5) is 5.82 Å². The summed E-state index contributed by atoms with van der Waals surface area (Å²) in [6, 6.07) is 12.2. The fourth-order valence-electron chi connectivity index (χ4n) is 4.24. The number of fused-ring (bicyclic) bond motifs is 1. The molecule has 5 rings (SSSR count). The molecule has 7 nitrogen and oxygen atoms in total. The lowest BCUT2D eigenvalue weighted by Gasteiger charge is -2.34. The highest BCUT2D eigenvalue weighted by molar-refractivity contribution is 7.90. The summed E-state index contributed by atoms with van der Waals surface area (Å²) < 4.78 is 17.5. The van der Waals surface area contributed by atoms with E-state index in [0.29, 0.717) is 13.2 Å². The smallest absolute Gasteiger partial charge is 0.152 e. The lowest BCUT2D eigenvalue weighted by atomic mass is 9.97. The van der Waals surface area contributed by atoms with E-state index in [2.05, 4.69) is 35.0 Å². The molecule has 2 atom stereocenters. The predicted molar refractivity (Wildman–Crippen MR) is 127 cm³/mol. The highest BCUT2D eigenvalue weighted by atomic mass is 32.2. The normalized spacial score (nSPS) is 17.6. The Bertz CT molecular complexity index is 1240. The molecule has 1 fully saturated rings. The molecule has 4 heterocycles. The topological polar surface area (TPSA) is 90.0 Å². The SMILES string of the molecule is Cc1cnc(-c2ccn[nH]2)c2nc(N3CCOC[C@H]3C)cc(-c3ccc([S+](C)[O-])cc3)c12. The summed E-state index contributed by atoms with van der Waals surface area (Å²) in [7, 11) is 0. The summed E-state index contributed by atoms with van der Waals surface area (Å²) in [5.74, 6) is 0.902. The second kappa shape index (κ2) is 8.54. The number of morpholine rings is 1. The van der Waals surface area contributed by atoms with Crippen LogP contribution in [0.5, 0.6) is 0 Å². The molecule has 164 valence electrons. The van der Waals surface area contributed by atoms with Crippen molar-refractivity contribution >= 4 is 27.9 Å². The Morgan fingerprint density at radius 2 is 2.03 bits per heavy atom. The van der Waals surface area contributed by atoms with Gasteiger partial charge in [-0.25, -0.2) is 4.98 Å². The zero-order chi connectivity index (χ0) is 22.2. The first-order chi connectivity index (χ1) is 15.5. The van der Waals surface area contributed by atoms with Crippen molar-refractivity contribution in [1.82, 2.24) is 20.2 Å². The van der Waals surface area contributed by atoms with E-state index < -0.39 is 11.2 Å². The Labute approximate surface area is 190 Å². The molecular formula is C24H25N5O2S. The third kappa shape index (κ3) is 3.74. The maximum Gasteiger partial charge on any atom is 0.152 e. The largest absolute Gasteiger partial charge is 0.612 e. The molecule has 0 amide bonds. The number of benzene rings is 1. The number of hydrogen-bond acceptors (Lipinski definition) is 6. The fraction of sp³-hybridized carbons (Fsp3) is 0.292. The Morgan fingerprint density at radius 1 is 1.22 bits per heavy atom. The molecule has 0 aliphatic carbocycles. The van der Waals surface area contributed by atoms with E-state index in [0.717, 1.165) is 56.2 Å².